The summed E-state index contributed by atoms with van der Waals surface area (Å²) in [5.74, 6) is -1.45. The molecule has 0 amide bonds. The number of phenols is 1. The zero-order valence-electron chi connectivity index (χ0n) is 23.2. The van der Waals surface area contributed by atoms with Crippen molar-refractivity contribution in [1.29, 1.82) is 0 Å². The molecule has 0 saturated carbocycles. The fraction of sp³-hybridized carbons (Fsp3) is 0.533. The third-order valence-corrected chi connectivity index (χ3v) is 7.98. The van der Waals surface area contributed by atoms with Gasteiger partial charge in [0, 0.05) is 19.1 Å². The van der Waals surface area contributed by atoms with E-state index in [2.05, 4.69) is 6.58 Å². The number of methoxy groups -OCH3 is 1. The van der Waals surface area contributed by atoms with Crippen LogP contribution >= 0.6 is 0 Å². The largest absolute Gasteiger partial charge is 0.508 e. The van der Waals surface area contributed by atoms with E-state index in [0.29, 0.717) is 30.4 Å². The van der Waals surface area contributed by atoms with Crippen molar-refractivity contribution in [2.24, 2.45) is 5.92 Å². The summed E-state index contributed by atoms with van der Waals surface area (Å²) >= 11 is 0. The zero-order chi connectivity index (χ0) is 30.0. The maximum absolute atomic E-state index is 12.4. The monoisotopic (exact) mass is 588 g/mol. The number of hydrogen-bond acceptors (Lipinski definition) is 12. The highest BCUT2D eigenvalue weighted by Gasteiger charge is 2.48. The van der Waals surface area contributed by atoms with E-state index in [9.17, 15) is 30.0 Å². The van der Waals surface area contributed by atoms with Crippen molar-refractivity contribution in [2.45, 2.75) is 74.9 Å². The van der Waals surface area contributed by atoms with Crippen molar-refractivity contribution < 1.29 is 58.4 Å². The summed E-state index contributed by atoms with van der Waals surface area (Å²) < 4.78 is 34.0. The second-order valence-corrected chi connectivity index (χ2v) is 10.9. The summed E-state index contributed by atoms with van der Waals surface area (Å²) in [6.45, 7) is 3.50. The van der Waals surface area contributed by atoms with Crippen molar-refractivity contribution >= 4 is 11.9 Å². The fourth-order valence-electron chi connectivity index (χ4n) is 5.67. The highest BCUT2D eigenvalue weighted by atomic mass is 16.7. The van der Waals surface area contributed by atoms with Gasteiger partial charge in [-0.25, -0.2) is 4.79 Å². The highest BCUT2D eigenvalue weighted by Crippen LogP contribution is 2.41. The van der Waals surface area contributed by atoms with E-state index < -0.39 is 61.0 Å². The maximum Gasteiger partial charge on any atom is 0.334 e. The zero-order valence-corrected chi connectivity index (χ0v) is 23.2. The number of aliphatic hydroxyl groups excluding tert-OH is 3. The Bertz CT molecular complexity index is 1220. The molecule has 0 aromatic heterocycles. The lowest BCUT2D eigenvalue weighted by Crippen LogP contribution is -2.59. The Morgan fingerprint density at radius 3 is 2.60 bits per heavy atom. The number of hydrogen-bond donors (Lipinski definition) is 4. The minimum Gasteiger partial charge on any atom is -0.508 e. The Hall–Kier alpha value is -3.10. The molecule has 3 heterocycles. The minimum atomic E-state index is -1.62. The van der Waals surface area contributed by atoms with Crippen LogP contribution in [0.15, 0.2) is 59.7 Å². The van der Waals surface area contributed by atoms with Gasteiger partial charge in [-0.2, -0.15) is 0 Å². The van der Waals surface area contributed by atoms with Crippen molar-refractivity contribution in [3.05, 3.63) is 65.3 Å². The van der Waals surface area contributed by atoms with Gasteiger partial charge in [-0.3, -0.25) is 4.79 Å². The Kier molecular flexibility index (Phi) is 9.43. The normalized spacial score (nSPS) is 36.0. The van der Waals surface area contributed by atoms with Crippen LogP contribution in [0.2, 0.25) is 0 Å². The SMILES string of the molecule is C=C1C(=O)O[C@@H]2/C=C(/CO[C@@H]3O[C@H](COC(=O)Cc4ccc(O)cc4)[C@@H](O)[C@H](O)[C@H]3O)CCC=C3C[C@H](O[C@@H]3OC)[C@@H]12. The molecule has 4 N–H and O–H groups in total. The summed E-state index contributed by atoms with van der Waals surface area (Å²) in [6.07, 6.45) is -3.20. The van der Waals surface area contributed by atoms with E-state index in [0.717, 1.165) is 11.1 Å². The predicted molar refractivity (Wildman–Crippen MR) is 144 cm³/mol. The van der Waals surface area contributed by atoms with Gasteiger partial charge in [0.1, 0.15) is 42.9 Å². The van der Waals surface area contributed by atoms with Crippen LogP contribution in [0.3, 0.4) is 0 Å². The number of carbonyl (C=O) groups is 2. The molecular formula is C30H36O12. The number of aromatic hydroxyl groups is 1. The minimum absolute atomic E-state index is 0.0342. The van der Waals surface area contributed by atoms with Crippen molar-refractivity contribution in [3.63, 3.8) is 0 Å². The molecule has 9 atom stereocenters. The maximum atomic E-state index is 12.4. The summed E-state index contributed by atoms with van der Waals surface area (Å²) in [7, 11) is 1.56. The number of fused-ring (bicyclic) bond motifs is 4. The first kappa shape index (κ1) is 30.4. The third kappa shape index (κ3) is 6.60. The fourth-order valence-corrected chi connectivity index (χ4v) is 5.67. The quantitative estimate of drug-likeness (QED) is 0.192. The lowest BCUT2D eigenvalue weighted by Gasteiger charge is -2.40. The number of aliphatic hydroxyl groups is 3. The second-order valence-electron chi connectivity index (χ2n) is 10.9. The molecule has 0 radical (unpaired) electrons. The van der Waals surface area contributed by atoms with Crippen LogP contribution in [0.25, 0.3) is 0 Å². The molecule has 2 bridgehead atoms. The van der Waals surface area contributed by atoms with Gasteiger partial charge in [0.05, 0.1) is 25.0 Å². The first-order valence-corrected chi connectivity index (χ1v) is 13.9. The molecule has 3 aliphatic heterocycles. The van der Waals surface area contributed by atoms with Gasteiger partial charge < -0.3 is 48.8 Å². The van der Waals surface area contributed by atoms with E-state index in [4.69, 9.17) is 28.4 Å². The van der Waals surface area contributed by atoms with E-state index in [1.54, 1.807) is 25.3 Å². The van der Waals surface area contributed by atoms with Gasteiger partial charge in [0.2, 0.25) is 0 Å². The summed E-state index contributed by atoms with van der Waals surface area (Å²) in [6, 6.07) is 6.05. The Morgan fingerprint density at radius 2 is 1.86 bits per heavy atom. The summed E-state index contributed by atoms with van der Waals surface area (Å²) in [5.41, 5.74) is 2.67. The highest BCUT2D eigenvalue weighted by molar-refractivity contribution is 5.91. The molecular weight excluding hydrogens is 552 g/mol. The number of rotatable bonds is 8. The standard InChI is InChI=1S/C30H36O12/c1-15-24-20(40-28(15)36)10-17(4-3-5-18-12-21(24)41-29(18)37-2)13-39-30-27(35)26(34)25(33)22(42-30)14-38-23(32)11-16-6-8-19(31)9-7-16/h5-10,20-22,24-27,29-31,33-35H,1,3-4,11-14H2,2H3/b17-10+,18-5?/t20-,21+,22-,24+,25-,26+,27-,29+,30-/m1/s1. The van der Waals surface area contributed by atoms with Gasteiger partial charge in [-0.1, -0.05) is 24.8 Å². The van der Waals surface area contributed by atoms with Crippen LogP contribution < -0.4 is 0 Å². The van der Waals surface area contributed by atoms with Gasteiger partial charge >= 0.3 is 11.9 Å². The number of carbonyl (C=O) groups excluding carboxylic acids is 2. The average molecular weight is 589 g/mol. The summed E-state index contributed by atoms with van der Waals surface area (Å²) in [4.78, 5) is 24.7. The van der Waals surface area contributed by atoms with E-state index in [1.807, 2.05) is 6.08 Å². The molecule has 3 saturated heterocycles. The van der Waals surface area contributed by atoms with E-state index >= 15 is 0 Å². The first-order valence-electron chi connectivity index (χ1n) is 13.9. The van der Waals surface area contributed by atoms with Gasteiger partial charge in [-0.15, -0.1) is 0 Å². The molecule has 1 aromatic rings. The molecule has 4 aliphatic rings. The molecule has 0 spiro atoms. The topological polar surface area (TPSA) is 170 Å². The number of esters is 2. The molecule has 228 valence electrons. The molecule has 5 rings (SSSR count). The molecule has 3 fully saturated rings. The third-order valence-electron chi connectivity index (χ3n) is 7.98. The summed E-state index contributed by atoms with van der Waals surface area (Å²) in [5, 5.41) is 40.8. The van der Waals surface area contributed by atoms with Gasteiger partial charge in [-0.05, 0) is 47.8 Å². The lowest BCUT2D eigenvalue weighted by molar-refractivity contribution is -0.299. The van der Waals surface area contributed by atoms with Gasteiger partial charge in [0.25, 0.3) is 0 Å². The van der Waals surface area contributed by atoms with Crippen molar-refractivity contribution in [1.82, 2.24) is 0 Å². The van der Waals surface area contributed by atoms with E-state index in [1.165, 1.54) is 12.1 Å². The molecule has 12 nitrogen and oxygen atoms in total. The Morgan fingerprint density at radius 1 is 1.10 bits per heavy atom. The van der Waals surface area contributed by atoms with Crippen LogP contribution in [-0.2, 0) is 44.4 Å². The van der Waals surface area contributed by atoms with Crippen molar-refractivity contribution in [3.8, 4) is 5.75 Å². The van der Waals surface area contributed by atoms with Crippen LogP contribution in [0.4, 0.5) is 0 Å². The molecule has 1 aliphatic carbocycles. The molecule has 0 unspecified atom stereocenters. The number of allylic oxidation sites excluding steroid dienone is 1. The smallest absolute Gasteiger partial charge is 0.334 e. The number of benzene rings is 1. The van der Waals surface area contributed by atoms with Crippen LogP contribution in [0, 0.1) is 5.92 Å². The van der Waals surface area contributed by atoms with Crippen LogP contribution in [-0.4, -0.2) is 102 Å². The average Bonchev–Trinajstić information content (AvgIpc) is 3.49. The van der Waals surface area contributed by atoms with Crippen LogP contribution in [0.1, 0.15) is 24.8 Å². The lowest BCUT2D eigenvalue weighted by atomic mass is 9.86. The molecule has 42 heavy (non-hydrogen) atoms. The van der Waals surface area contributed by atoms with Crippen molar-refractivity contribution in [2.75, 3.05) is 20.3 Å². The molecule has 12 heteroatoms. The number of phenolic OH excluding ortho intramolecular Hbond substituents is 1. The van der Waals surface area contributed by atoms with E-state index in [-0.39, 0.29) is 31.5 Å². The Labute approximate surface area is 242 Å². The first-order chi connectivity index (χ1) is 20.1. The van der Waals surface area contributed by atoms with Gasteiger partial charge in [0.15, 0.2) is 12.6 Å². The van der Waals surface area contributed by atoms with Crippen LogP contribution in [0.5, 0.6) is 5.75 Å². The second kappa shape index (κ2) is 13.0. The number of ether oxygens (including phenoxy) is 6. The Balaban J connectivity index is 1.23. The predicted octanol–water partition coefficient (Wildman–Crippen LogP) is 0.808. The molecule has 1 aromatic carbocycles.